The Morgan fingerprint density at radius 1 is 1.07 bits per heavy atom. The van der Waals surface area contributed by atoms with E-state index in [-0.39, 0.29) is 5.91 Å². The molecule has 1 aromatic heterocycles. The quantitative estimate of drug-likeness (QED) is 0.679. The number of para-hydroxylation sites is 1. The van der Waals surface area contributed by atoms with Gasteiger partial charge >= 0.3 is 0 Å². The van der Waals surface area contributed by atoms with E-state index < -0.39 is 0 Å². The van der Waals surface area contributed by atoms with Gasteiger partial charge in [0.15, 0.2) is 0 Å². The molecule has 0 bridgehead atoms. The average molecular weight is 361 g/mol. The molecule has 0 spiro atoms. The number of nitrogens with zero attached hydrogens (tertiary/aromatic N) is 2. The van der Waals surface area contributed by atoms with Gasteiger partial charge in [0.05, 0.1) is 7.11 Å². The summed E-state index contributed by atoms with van der Waals surface area (Å²) in [5.41, 5.74) is 2.59. The summed E-state index contributed by atoms with van der Waals surface area (Å²) in [5, 5.41) is 3.27. The second-order valence-electron chi connectivity index (χ2n) is 6.02. The zero-order valence-corrected chi connectivity index (χ0v) is 15.6. The van der Waals surface area contributed by atoms with Crippen LogP contribution in [0.15, 0.2) is 72.9 Å². The fraction of sp³-hybridized carbons (Fsp3) is 0.182. The lowest BCUT2D eigenvalue weighted by Crippen LogP contribution is -2.30. The van der Waals surface area contributed by atoms with Crippen molar-refractivity contribution in [3.8, 4) is 5.75 Å². The van der Waals surface area contributed by atoms with Gasteiger partial charge in [0.25, 0.3) is 5.91 Å². The highest BCUT2D eigenvalue weighted by Crippen LogP contribution is 2.18. The van der Waals surface area contributed by atoms with E-state index in [0.29, 0.717) is 24.5 Å². The standard InChI is InChI=1S/C22H23N3O2/c1-3-25(19-7-5-4-6-8-19)22(26)18-13-14-23-21(15-18)24-16-17-9-11-20(27-2)12-10-17/h4-15H,3,16H2,1-2H3,(H,23,24). The SMILES string of the molecule is CCN(C(=O)c1ccnc(NCc2ccc(OC)cc2)c1)c1ccccc1. The molecule has 0 aliphatic carbocycles. The number of anilines is 2. The first-order chi connectivity index (χ1) is 13.2. The molecule has 1 amide bonds. The van der Waals surface area contributed by atoms with Crippen LogP contribution in [0.5, 0.6) is 5.75 Å². The molecule has 0 saturated carbocycles. The molecule has 138 valence electrons. The zero-order chi connectivity index (χ0) is 19.1. The van der Waals surface area contributed by atoms with Crippen LogP contribution in [0.3, 0.4) is 0 Å². The van der Waals surface area contributed by atoms with Crippen molar-refractivity contribution in [3.05, 3.63) is 84.1 Å². The highest BCUT2D eigenvalue weighted by molar-refractivity contribution is 6.06. The third-order valence-electron chi connectivity index (χ3n) is 4.27. The summed E-state index contributed by atoms with van der Waals surface area (Å²) >= 11 is 0. The third kappa shape index (κ3) is 4.64. The highest BCUT2D eigenvalue weighted by Gasteiger charge is 2.16. The van der Waals surface area contributed by atoms with Crippen molar-refractivity contribution >= 4 is 17.4 Å². The molecule has 2 aromatic carbocycles. The molecule has 3 aromatic rings. The van der Waals surface area contributed by atoms with Gasteiger partial charge in [-0.2, -0.15) is 0 Å². The molecule has 27 heavy (non-hydrogen) atoms. The fourth-order valence-electron chi connectivity index (χ4n) is 2.80. The summed E-state index contributed by atoms with van der Waals surface area (Å²) in [7, 11) is 1.65. The molecule has 1 heterocycles. The third-order valence-corrected chi connectivity index (χ3v) is 4.27. The Hall–Kier alpha value is -3.34. The topological polar surface area (TPSA) is 54.5 Å². The maximum Gasteiger partial charge on any atom is 0.258 e. The Balaban J connectivity index is 1.71. The van der Waals surface area contributed by atoms with Crippen molar-refractivity contribution in [2.24, 2.45) is 0 Å². The monoisotopic (exact) mass is 361 g/mol. The lowest BCUT2D eigenvalue weighted by molar-refractivity contribution is 0.0988. The van der Waals surface area contributed by atoms with Crippen LogP contribution >= 0.6 is 0 Å². The molecule has 0 saturated heterocycles. The smallest absolute Gasteiger partial charge is 0.258 e. The van der Waals surface area contributed by atoms with Crippen molar-refractivity contribution in [1.29, 1.82) is 0 Å². The van der Waals surface area contributed by atoms with E-state index >= 15 is 0 Å². The summed E-state index contributed by atoms with van der Waals surface area (Å²) in [4.78, 5) is 19.0. The van der Waals surface area contributed by atoms with E-state index in [1.54, 1.807) is 30.3 Å². The Labute approximate surface area is 159 Å². The van der Waals surface area contributed by atoms with Gasteiger partial charge in [-0.1, -0.05) is 30.3 Å². The van der Waals surface area contributed by atoms with E-state index in [2.05, 4.69) is 10.3 Å². The first-order valence-electron chi connectivity index (χ1n) is 8.91. The number of hydrogen-bond acceptors (Lipinski definition) is 4. The van der Waals surface area contributed by atoms with E-state index in [4.69, 9.17) is 4.74 Å². The number of benzene rings is 2. The second-order valence-corrected chi connectivity index (χ2v) is 6.02. The number of aromatic nitrogens is 1. The molecule has 0 atom stereocenters. The number of rotatable bonds is 7. The second kappa shape index (κ2) is 8.85. The maximum absolute atomic E-state index is 12.9. The van der Waals surface area contributed by atoms with Gasteiger partial charge in [-0.05, 0) is 48.9 Å². The number of pyridine rings is 1. The predicted molar refractivity (Wildman–Crippen MR) is 108 cm³/mol. The van der Waals surface area contributed by atoms with Crippen LogP contribution in [0.4, 0.5) is 11.5 Å². The summed E-state index contributed by atoms with van der Waals surface area (Å²) in [6.07, 6.45) is 1.66. The molecule has 0 aliphatic rings. The summed E-state index contributed by atoms with van der Waals surface area (Å²) in [5.74, 6) is 1.45. The number of ether oxygens (including phenoxy) is 1. The first-order valence-corrected chi connectivity index (χ1v) is 8.91. The van der Waals surface area contributed by atoms with Crippen LogP contribution in [-0.2, 0) is 6.54 Å². The molecular formula is C22H23N3O2. The average Bonchev–Trinajstić information content (AvgIpc) is 2.74. The molecule has 0 fully saturated rings. The van der Waals surface area contributed by atoms with Crippen LogP contribution in [0, 0.1) is 0 Å². The minimum atomic E-state index is -0.0430. The van der Waals surface area contributed by atoms with Gasteiger partial charge in [0.1, 0.15) is 11.6 Å². The Morgan fingerprint density at radius 2 is 1.81 bits per heavy atom. The van der Waals surface area contributed by atoms with Gasteiger partial charge in [0.2, 0.25) is 0 Å². The van der Waals surface area contributed by atoms with E-state index in [9.17, 15) is 4.79 Å². The van der Waals surface area contributed by atoms with Crippen LogP contribution in [-0.4, -0.2) is 24.5 Å². The summed E-state index contributed by atoms with van der Waals surface area (Å²) in [6.45, 7) is 3.18. The number of methoxy groups -OCH3 is 1. The van der Waals surface area contributed by atoms with Gasteiger partial charge < -0.3 is 15.0 Å². The molecular weight excluding hydrogens is 338 g/mol. The Bertz CT molecular complexity index is 880. The van der Waals surface area contributed by atoms with Crippen LogP contribution in [0.1, 0.15) is 22.8 Å². The van der Waals surface area contributed by atoms with E-state index in [0.717, 1.165) is 17.0 Å². The molecule has 0 unspecified atom stereocenters. The van der Waals surface area contributed by atoms with Gasteiger partial charge in [-0.3, -0.25) is 4.79 Å². The van der Waals surface area contributed by atoms with E-state index in [1.807, 2.05) is 61.5 Å². The van der Waals surface area contributed by atoms with Gasteiger partial charge in [0, 0.05) is 30.5 Å². The number of nitrogens with one attached hydrogen (secondary N) is 1. The number of hydrogen-bond donors (Lipinski definition) is 1. The van der Waals surface area contributed by atoms with Crippen LogP contribution in [0.25, 0.3) is 0 Å². The molecule has 5 heteroatoms. The molecule has 0 radical (unpaired) electrons. The van der Waals surface area contributed by atoms with Crippen LogP contribution in [0.2, 0.25) is 0 Å². The minimum Gasteiger partial charge on any atom is -0.497 e. The number of amides is 1. The van der Waals surface area contributed by atoms with Crippen molar-refractivity contribution in [2.75, 3.05) is 23.9 Å². The van der Waals surface area contributed by atoms with Crippen molar-refractivity contribution in [1.82, 2.24) is 4.98 Å². The zero-order valence-electron chi connectivity index (χ0n) is 15.6. The van der Waals surface area contributed by atoms with Crippen molar-refractivity contribution in [3.63, 3.8) is 0 Å². The molecule has 3 rings (SSSR count). The molecule has 5 nitrogen and oxygen atoms in total. The Kier molecular flexibility index (Phi) is 6.05. The van der Waals surface area contributed by atoms with E-state index in [1.165, 1.54) is 0 Å². The fourth-order valence-corrected chi connectivity index (χ4v) is 2.80. The summed E-state index contributed by atoms with van der Waals surface area (Å²) < 4.78 is 5.17. The molecule has 1 N–H and O–H groups in total. The number of carbonyl (C=O) groups excluding carboxylic acids is 1. The maximum atomic E-state index is 12.9. The largest absolute Gasteiger partial charge is 0.497 e. The summed E-state index contributed by atoms with van der Waals surface area (Å²) in [6, 6.07) is 21.0. The van der Waals surface area contributed by atoms with Crippen molar-refractivity contribution < 1.29 is 9.53 Å². The first kappa shape index (κ1) is 18.5. The lowest BCUT2D eigenvalue weighted by atomic mass is 10.2. The minimum absolute atomic E-state index is 0.0430. The lowest BCUT2D eigenvalue weighted by Gasteiger charge is -2.21. The van der Waals surface area contributed by atoms with Gasteiger partial charge in [-0.25, -0.2) is 4.98 Å². The Morgan fingerprint density at radius 3 is 2.48 bits per heavy atom. The predicted octanol–water partition coefficient (Wildman–Crippen LogP) is 4.37. The normalized spacial score (nSPS) is 10.3. The highest BCUT2D eigenvalue weighted by atomic mass is 16.5. The number of carbonyl (C=O) groups is 1. The molecule has 0 aliphatic heterocycles. The van der Waals surface area contributed by atoms with Crippen molar-refractivity contribution in [2.45, 2.75) is 13.5 Å². The van der Waals surface area contributed by atoms with Gasteiger partial charge in [-0.15, -0.1) is 0 Å². The van der Waals surface area contributed by atoms with Crippen LogP contribution < -0.4 is 15.0 Å².